The zero-order chi connectivity index (χ0) is 13.0. The zero-order valence-electron chi connectivity index (χ0n) is 10.9. The number of furan rings is 1. The normalized spacial score (nSPS) is 11.1. The number of hydrogen-bond acceptors (Lipinski definition) is 6. The summed E-state index contributed by atoms with van der Waals surface area (Å²) in [5.74, 6) is 0.977. The third-order valence-corrected chi connectivity index (χ3v) is 3.45. The van der Waals surface area contributed by atoms with E-state index in [0.29, 0.717) is 0 Å². The average Bonchev–Trinajstić information content (AvgIpc) is 2.91. The van der Waals surface area contributed by atoms with Gasteiger partial charge in [-0.3, -0.25) is 4.90 Å². The van der Waals surface area contributed by atoms with Crippen molar-refractivity contribution in [2.45, 2.75) is 26.9 Å². The molecule has 0 fully saturated rings. The monoisotopic (exact) mass is 266 g/mol. The SMILES string of the molecule is CCNc1snnc1CN(C)Cc1ccoc1C. The molecule has 0 aromatic carbocycles. The van der Waals surface area contributed by atoms with Crippen LogP contribution in [0.4, 0.5) is 5.00 Å². The maximum Gasteiger partial charge on any atom is 0.134 e. The van der Waals surface area contributed by atoms with E-state index in [1.54, 1.807) is 6.26 Å². The molecule has 0 saturated carbocycles. The van der Waals surface area contributed by atoms with Gasteiger partial charge >= 0.3 is 0 Å². The molecule has 0 saturated heterocycles. The minimum absolute atomic E-state index is 0.781. The van der Waals surface area contributed by atoms with Crippen LogP contribution in [0.3, 0.4) is 0 Å². The van der Waals surface area contributed by atoms with E-state index in [1.807, 2.05) is 13.0 Å². The summed E-state index contributed by atoms with van der Waals surface area (Å²) in [6.07, 6.45) is 1.73. The molecule has 98 valence electrons. The highest BCUT2D eigenvalue weighted by Crippen LogP contribution is 2.20. The van der Waals surface area contributed by atoms with Crippen LogP contribution in [0.1, 0.15) is 23.9 Å². The Morgan fingerprint density at radius 3 is 2.94 bits per heavy atom. The Kier molecular flexibility index (Phi) is 4.33. The van der Waals surface area contributed by atoms with Crippen LogP contribution in [-0.2, 0) is 13.1 Å². The Balaban J connectivity index is 1.96. The van der Waals surface area contributed by atoms with Crippen LogP contribution >= 0.6 is 11.5 Å². The number of aryl methyl sites for hydroxylation is 1. The van der Waals surface area contributed by atoms with Gasteiger partial charge in [-0.1, -0.05) is 4.49 Å². The summed E-state index contributed by atoms with van der Waals surface area (Å²) in [6.45, 7) is 6.58. The standard InChI is InChI=1S/C12H18N4OS/c1-4-13-12-11(14-15-18-12)8-16(3)7-10-5-6-17-9(10)2/h5-6,13H,4,7-8H2,1-3H3. The molecule has 0 bridgehead atoms. The molecular weight excluding hydrogens is 248 g/mol. The molecule has 0 aliphatic rings. The van der Waals surface area contributed by atoms with Gasteiger partial charge in [0, 0.05) is 36.7 Å². The lowest BCUT2D eigenvalue weighted by Gasteiger charge is -2.15. The highest BCUT2D eigenvalue weighted by atomic mass is 32.1. The van der Waals surface area contributed by atoms with Crippen LogP contribution in [0, 0.1) is 6.92 Å². The second kappa shape index (κ2) is 5.97. The molecule has 0 unspecified atom stereocenters. The first kappa shape index (κ1) is 13.0. The first-order valence-corrected chi connectivity index (χ1v) is 6.74. The van der Waals surface area contributed by atoms with Gasteiger partial charge in [0.15, 0.2) is 0 Å². The maximum atomic E-state index is 5.30. The van der Waals surface area contributed by atoms with Crippen molar-refractivity contribution in [1.29, 1.82) is 0 Å². The van der Waals surface area contributed by atoms with Crippen molar-refractivity contribution in [2.24, 2.45) is 0 Å². The fourth-order valence-electron chi connectivity index (χ4n) is 1.78. The minimum Gasteiger partial charge on any atom is -0.469 e. The van der Waals surface area contributed by atoms with Crippen LogP contribution < -0.4 is 5.32 Å². The number of anilines is 1. The number of nitrogens with one attached hydrogen (secondary N) is 1. The van der Waals surface area contributed by atoms with Crippen molar-refractivity contribution in [1.82, 2.24) is 14.5 Å². The van der Waals surface area contributed by atoms with E-state index < -0.39 is 0 Å². The van der Waals surface area contributed by atoms with Crippen molar-refractivity contribution in [3.63, 3.8) is 0 Å². The van der Waals surface area contributed by atoms with Crippen molar-refractivity contribution >= 4 is 16.5 Å². The molecule has 2 aromatic heterocycles. The molecule has 0 atom stereocenters. The van der Waals surface area contributed by atoms with Gasteiger partial charge in [0.05, 0.1) is 6.26 Å². The average molecular weight is 266 g/mol. The number of nitrogens with zero attached hydrogens (tertiary/aromatic N) is 3. The number of aromatic nitrogens is 2. The van der Waals surface area contributed by atoms with Gasteiger partial charge in [-0.05, 0) is 27.0 Å². The lowest BCUT2D eigenvalue weighted by atomic mass is 10.2. The first-order valence-electron chi connectivity index (χ1n) is 5.97. The quantitative estimate of drug-likeness (QED) is 0.870. The second-order valence-electron chi connectivity index (χ2n) is 4.25. The highest BCUT2D eigenvalue weighted by molar-refractivity contribution is 7.10. The van der Waals surface area contributed by atoms with Crippen LogP contribution in [0.15, 0.2) is 16.7 Å². The molecule has 2 heterocycles. The fraction of sp³-hybridized carbons (Fsp3) is 0.500. The topological polar surface area (TPSA) is 54.2 Å². The van der Waals surface area contributed by atoms with E-state index in [9.17, 15) is 0 Å². The van der Waals surface area contributed by atoms with Gasteiger partial charge in [-0.15, -0.1) is 5.10 Å². The first-order chi connectivity index (χ1) is 8.70. The summed E-state index contributed by atoms with van der Waals surface area (Å²) >= 11 is 1.41. The summed E-state index contributed by atoms with van der Waals surface area (Å²) in [5.41, 5.74) is 2.22. The van der Waals surface area contributed by atoms with Crippen LogP contribution in [0.5, 0.6) is 0 Å². The fourth-order valence-corrected chi connectivity index (χ4v) is 2.43. The summed E-state index contributed by atoms with van der Waals surface area (Å²) < 4.78 is 9.29. The van der Waals surface area contributed by atoms with E-state index >= 15 is 0 Å². The van der Waals surface area contributed by atoms with Gasteiger partial charge in [0.25, 0.3) is 0 Å². The molecule has 18 heavy (non-hydrogen) atoms. The lowest BCUT2D eigenvalue weighted by Crippen LogP contribution is -2.18. The summed E-state index contributed by atoms with van der Waals surface area (Å²) in [5, 5.41) is 8.51. The largest absolute Gasteiger partial charge is 0.469 e. The third-order valence-electron chi connectivity index (χ3n) is 2.72. The Bertz CT molecular complexity index is 494. The smallest absolute Gasteiger partial charge is 0.134 e. The van der Waals surface area contributed by atoms with E-state index in [2.05, 4.69) is 33.8 Å². The van der Waals surface area contributed by atoms with Gasteiger partial charge in [0.1, 0.15) is 16.5 Å². The van der Waals surface area contributed by atoms with Gasteiger partial charge in [-0.2, -0.15) is 0 Å². The predicted octanol–water partition coefficient (Wildman–Crippen LogP) is 2.50. The molecule has 2 aromatic rings. The van der Waals surface area contributed by atoms with Gasteiger partial charge in [0.2, 0.25) is 0 Å². The molecule has 2 rings (SSSR count). The lowest BCUT2D eigenvalue weighted by molar-refractivity contribution is 0.313. The maximum absolute atomic E-state index is 5.30. The van der Waals surface area contributed by atoms with Crippen molar-refractivity contribution in [3.05, 3.63) is 29.3 Å². The Morgan fingerprint density at radius 2 is 2.28 bits per heavy atom. The molecule has 6 heteroatoms. The second-order valence-corrected chi connectivity index (χ2v) is 5.01. The molecule has 5 nitrogen and oxygen atoms in total. The zero-order valence-corrected chi connectivity index (χ0v) is 11.8. The predicted molar refractivity (Wildman–Crippen MR) is 72.7 cm³/mol. The third kappa shape index (κ3) is 3.08. The van der Waals surface area contributed by atoms with E-state index in [0.717, 1.165) is 36.1 Å². The van der Waals surface area contributed by atoms with Crippen molar-refractivity contribution in [2.75, 3.05) is 18.9 Å². The van der Waals surface area contributed by atoms with E-state index in [-0.39, 0.29) is 0 Å². The summed E-state index contributed by atoms with van der Waals surface area (Å²) in [6, 6.07) is 2.01. The molecule has 0 radical (unpaired) electrons. The van der Waals surface area contributed by atoms with E-state index in [1.165, 1.54) is 17.1 Å². The molecule has 0 spiro atoms. The highest BCUT2D eigenvalue weighted by Gasteiger charge is 2.11. The molecule has 0 amide bonds. The van der Waals surface area contributed by atoms with Gasteiger partial charge in [-0.25, -0.2) is 0 Å². The molecular formula is C12H18N4OS. The minimum atomic E-state index is 0.781. The van der Waals surface area contributed by atoms with Gasteiger partial charge < -0.3 is 9.73 Å². The van der Waals surface area contributed by atoms with Crippen molar-refractivity contribution < 1.29 is 4.42 Å². The summed E-state index contributed by atoms with van der Waals surface area (Å²) in [7, 11) is 2.07. The van der Waals surface area contributed by atoms with Crippen LogP contribution in [0.2, 0.25) is 0 Å². The molecule has 0 aliphatic heterocycles. The number of rotatable bonds is 6. The van der Waals surface area contributed by atoms with Crippen molar-refractivity contribution in [3.8, 4) is 0 Å². The Hall–Kier alpha value is -1.40. The summed E-state index contributed by atoms with van der Waals surface area (Å²) in [4.78, 5) is 2.20. The van der Waals surface area contributed by atoms with Crippen LogP contribution in [-0.4, -0.2) is 28.1 Å². The van der Waals surface area contributed by atoms with E-state index in [4.69, 9.17) is 4.42 Å². The van der Waals surface area contributed by atoms with Crippen LogP contribution in [0.25, 0.3) is 0 Å². The molecule has 1 N–H and O–H groups in total. The Labute approximate surface area is 111 Å². The number of hydrogen-bond donors (Lipinski definition) is 1. The molecule has 0 aliphatic carbocycles. The Morgan fingerprint density at radius 1 is 1.44 bits per heavy atom.